The van der Waals surface area contributed by atoms with E-state index in [-0.39, 0.29) is 25.1 Å². The Labute approximate surface area is 167 Å². The lowest BCUT2D eigenvalue weighted by Crippen LogP contribution is -2.50. The highest BCUT2D eigenvalue weighted by Crippen LogP contribution is 2.57. The van der Waals surface area contributed by atoms with Gasteiger partial charge in [-0.2, -0.15) is 0 Å². The van der Waals surface area contributed by atoms with Crippen molar-refractivity contribution in [3.05, 3.63) is 30.1 Å². The molecule has 29 heavy (non-hydrogen) atoms. The van der Waals surface area contributed by atoms with E-state index in [9.17, 15) is 18.9 Å². The van der Waals surface area contributed by atoms with Crippen molar-refractivity contribution < 1.29 is 42.0 Å². The fourth-order valence-electron chi connectivity index (χ4n) is 2.29. The van der Waals surface area contributed by atoms with Crippen LogP contribution in [0.4, 0.5) is 0 Å². The molecule has 0 aliphatic carbocycles. The molecule has 2 heterocycles. The van der Waals surface area contributed by atoms with Gasteiger partial charge in [0.2, 0.25) is 12.7 Å². The van der Waals surface area contributed by atoms with Gasteiger partial charge in [-0.3, -0.25) is 23.6 Å². The van der Waals surface area contributed by atoms with Crippen LogP contribution in [0.25, 0.3) is 0 Å². The van der Waals surface area contributed by atoms with Gasteiger partial charge in [0.1, 0.15) is 0 Å². The first kappa shape index (κ1) is 23.0. The first-order valence-electron chi connectivity index (χ1n) is 8.66. The highest BCUT2D eigenvalue weighted by Gasteiger charge is 2.49. The lowest BCUT2D eigenvalue weighted by molar-refractivity contribution is -0.144. The van der Waals surface area contributed by atoms with Gasteiger partial charge in [0.25, 0.3) is 0 Å². The number of esters is 2. The molecule has 1 aliphatic rings. The molecule has 11 nitrogen and oxygen atoms in total. The Bertz CT molecular complexity index is 784. The first-order chi connectivity index (χ1) is 13.7. The summed E-state index contributed by atoms with van der Waals surface area (Å²) in [6, 6.07) is 2.88. The van der Waals surface area contributed by atoms with Crippen molar-refractivity contribution in [1.29, 1.82) is 0 Å². The summed E-state index contributed by atoms with van der Waals surface area (Å²) < 4.78 is 37.5. The summed E-state index contributed by atoms with van der Waals surface area (Å²) >= 11 is 0. The van der Waals surface area contributed by atoms with Gasteiger partial charge in [0.05, 0.1) is 25.7 Å². The second-order valence-corrected chi connectivity index (χ2v) is 8.35. The van der Waals surface area contributed by atoms with E-state index in [1.807, 2.05) is 0 Å². The number of phosphoric acid groups is 1. The van der Waals surface area contributed by atoms with Crippen molar-refractivity contribution in [3.63, 3.8) is 0 Å². The van der Waals surface area contributed by atoms with E-state index in [1.165, 1.54) is 31.6 Å². The lowest BCUT2D eigenvalue weighted by atomic mass is 9.87. The highest BCUT2D eigenvalue weighted by molar-refractivity contribution is 7.48. The van der Waals surface area contributed by atoms with Gasteiger partial charge < -0.3 is 14.8 Å². The largest absolute Gasteiger partial charge is 0.478 e. The predicted molar refractivity (Wildman–Crippen MR) is 97.5 cm³/mol. The molecule has 1 saturated heterocycles. The SMILES string of the molecule is COC(=O)CCNC(=O)[C@@H]1OP(=O)(OCOC(=O)c2ccncc2)OCC1(C)C. The van der Waals surface area contributed by atoms with Crippen molar-refractivity contribution in [2.75, 3.05) is 27.1 Å². The summed E-state index contributed by atoms with van der Waals surface area (Å²) in [6.45, 7) is 2.60. The molecule has 1 unspecified atom stereocenters. The Morgan fingerprint density at radius 2 is 2.00 bits per heavy atom. The number of phosphoric ester groups is 1. The zero-order chi connectivity index (χ0) is 21.5. The van der Waals surface area contributed by atoms with E-state index in [0.29, 0.717) is 0 Å². The average Bonchev–Trinajstić information content (AvgIpc) is 2.70. The smallest absolute Gasteiger partial charge is 0.469 e. The van der Waals surface area contributed by atoms with Crippen LogP contribution in [0.3, 0.4) is 0 Å². The van der Waals surface area contributed by atoms with Gasteiger partial charge in [0.15, 0.2) is 6.10 Å². The maximum Gasteiger partial charge on any atom is 0.478 e. The summed E-state index contributed by atoms with van der Waals surface area (Å²) in [5, 5.41) is 2.52. The van der Waals surface area contributed by atoms with E-state index in [1.54, 1.807) is 13.8 Å². The molecule has 2 atom stereocenters. The van der Waals surface area contributed by atoms with Crippen molar-refractivity contribution in [2.24, 2.45) is 5.41 Å². The van der Waals surface area contributed by atoms with Crippen LogP contribution in [-0.4, -0.2) is 56.0 Å². The van der Waals surface area contributed by atoms with Gasteiger partial charge in [0, 0.05) is 24.4 Å². The maximum absolute atomic E-state index is 12.7. The minimum absolute atomic E-state index is 0.0228. The normalized spacial score (nSPS) is 23.1. The molecule has 1 N–H and O–H groups in total. The number of pyridine rings is 1. The zero-order valence-corrected chi connectivity index (χ0v) is 17.2. The van der Waals surface area contributed by atoms with Crippen molar-refractivity contribution in [1.82, 2.24) is 10.3 Å². The number of hydrogen-bond donors (Lipinski definition) is 1. The van der Waals surface area contributed by atoms with Gasteiger partial charge in [-0.05, 0) is 12.1 Å². The third kappa shape index (κ3) is 6.60. The van der Waals surface area contributed by atoms with Crippen LogP contribution in [-0.2, 0) is 37.2 Å². The van der Waals surface area contributed by atoms with Crippen LogP contribution in [0.1, 0.15) is 30.6 Å². The molecule has 1 aromatic heterocycles. The van der Waals surface area contributed by atoms with Crippen LogP contribution in [0.2, 0.25) is 0 Å². The third-order valence-corrected chi connectivity index (χ3v) is 5.29. The highest BCUT2D eigenvalue weighted by atomic mass is 31.2. The zero-order valence-electron chi connectivity index (χ0n) is 16.3. The van der Waals surface area contributed by atoms with Crippen LogP contribution < -0.4 is 5.32 Å². The lowest BCUT2D eigenvalue weighted by Gasteiger charge is -2.39. The topological polar surface area (TPSA) is 139 Å². The van der Waals surface area contributed by atoms with Gasteiger partial charge in [-0.15, -0.1) is 0 Å². The van der Waals surface area contributed by atoms with Crippen molar-refractivity contribution >= 4 is 25.7 Å². The number of methoxy groups -OCH3 is 1. The number of aromatic nitrogens is 1. The van der Waals surface area contributed by atoms with Crippen molar-refractivity contribution in [2.45, 2.75) is 26.4 Å². The van der Waals surface area contributed by atoms with E-state index < -0.39 is 44.0 Å². The first-order valence-corrected chi connectivity index (χ1v) is 10.1. The summed E-state index contributed by atoms with van der Waals surface area (Å²) in [5.74, 6) is -1.78. The molecule has 160 valence electrons. The second-order valence-electron chi connectivity index (χ2n) is 6.73. The summed E-state index contributed by atoms with van der Waals surface area (Å²) in [7, 11) is -2.91. The Morgan fingerprint density at radius 3 is 2.66 bits per heavy atom. The number of hydrogen-bond acceptors (Lipinski definition) is 10. The quantitative estimate of drug-likeness (QED) is 0.366. The fraction of sp³-hybridized carbons (Fsp3) is 0.529. The molecule has 0 bridgehead atoms. The minimum Gasteiger partial charge on any atom is -0.469 e. The molecular formula is C17H23N2O9P. The van der Waals surface area contributed by atoms with Gasteiger partial charge >= 0.3 is 19.8 Å². The number of rotatable bonds is 8. The second kappa shape index (κ2) is 9.93. The van der Waals surface area contributed by atoms with E-state index in [4.69, 9.17) is 18.3 Å². The van der Waals surface area contributed by atoms with E-state index >= 15 is 0 Å². The Kier molecular flexibility index (Phi) is 7.86. The molecule has 1 fully saturated rings. The molecule has 0 saturated carbocycles. The Hall–Kier alpha value is -2.33. The predicted octanol–water partition coefficient (Wildman–Crippen LogP) is 1.44. The van der Waals surface area contributed by atoms with E-state index in [0.717, 1.165) is 0 Å². The molecule has 12 heteroatoms. The van der Waals surface area contributed by atoms with Gasteiger partial charge in [-0.1, -0.05) is 13.8 Å². The van der Waals surface area contributed by atoms with Crippen LogP contribution >= 0.6 is 7.82 Å². The Morgan fingerprint density at radius 1 is 1.31 bits per heavy atom. The fourth-order valence-corrected chi connectivity index (χ4v) is 3.80. The van der Waals surface area contributed by atoms with Crippen LogP contribution in [0, 0.1) is 5.41 Å². The molecule has 2 rings (SSSR count). The maximum atomic E-state index is 12.7. The van der Waals surface area contributed by atoms with Crippen LogP contribution in [0.15, 0.2) is 24.5 Å². The summed E-state index contributed by atoms with van der Waals surface area (Å²) in [4.78, 5) is 39.2. The number of nitrogens with zero attached hydrogens (tertiary/aromatic N) is 1. The monoisotopic (exact) mass is 430 g/mol. The third-order valence-electron chi connectivity index (χ3n) is 3.95. The van der Waals surface area contributed by atoms with Gasteiger partial charge in [-0.25, -0.2) is 13.9 Å². The number of carbonyl (C=O) groups is 3. The molecular weight excluding hydrogens is 407 g/mol. The number of amides is 1. The average molecular weight is 430 g/mol. The summed E-state index contributed by atoms with van der Waals surface area (Å²) in [5.41, 5.74) is -0.586. The molecule has 0 aromatic carbocycles. The van der Waals surface area contributed by atoms with E-state index in [2.05, 4.69) is 15.0 Å². The molecule has 1 amide bonds. The Balaban J connectivity index is 1.90. The molecule has 0 radical (unpaired) electrons. The van der Waals surface area contributed by atoms with Crippen LogP contribution in [0.5, 0.6) is 0 Å². The number of nitrogens with one attached hydrogen (secondary N) is 1. The molecule has 1 aromatic rings. The molecule has 0 spiro atoms. The number of carbonyl (C=O) groups excluding carboxylic acids is 3. The molecule has 1 aliphatic heterocycles. The summed E-state index contributed by atoms with van der Waals surface area (Å²) in [6.07, 6.45) is 1.64. The standard InChI is InChI=1S/C17H23N2O9P/c1-17(2)10-26-29(23,27-11-25-16(22)12-4-7-18-8-5-12)28-14(17)15(21)19-9-6-13(20)24-3/h4-5,7-8,14H,6,9-11H2,1-3H3,(H,19,21)/t14-,29?/m0/s1. The number of ether oxygens (including phenoxy) is 2. The minimum atomic E-state index is -4.15. The van der Waals surface area contributed by atoms with Crippen molar-refractivity contribution in [3.8, 4) is 0 Å².